The highest BCUT2D eigenvalue weighted by molar-refractivity contribution is 7.10. The molecule has 2 aliphatic heterocycles. The van der Waals surface area contributed by atoms with Gasteiger partial charge in [-0.15, -0.1) is 11.3 Å². The van der Waals surface area contributed by atoms with Crippen LogP contribution in [0.1, 0.15) is 30.7 Å². The molecule has 0 aromatic carbocycles. The van der Waals surface area contributed by atoms with Crippen molar-refractivity contribution in [2.24, 2.45) is 0 Å². The van der Waals surface area contributed by atoms with Crippen LogP contribution in [0.3, 0.4) is 0 Å². The van der Waals surface area contributed by atoms with Gasteiger partial charge in [-0.25, -0.2) is 9.59 Å². The Bertz CT molecular complexity index is 668. The summed E-state index contributed by atoms with van der Waals surface area (Å²) in [5.74, 6) is -0.347. The Labute approximate surface area is 145 Å². The average molecular weight is 349 g/mol. The maximum absolute atomic E-state index is 12.4. The molecule has 0 spiro atoms. The van der Waals surface area contributed by atoms with Gasteiger partial charge in [-0.2, -0.15) is 0 Å². The molecule has 24 heavy (non-hydrogen) atoms. The van der Waals surface area contributed by atoms with Gasteiger partial charge in [-0.1, -0.05) is 6.92 Å². The molecule has 0 aliphatic carbocycles. The first-order valence-corrected chi connectivity index (χ1v) is 9.25. The molecule has 2 N–H and O–H groups in total. The van der Waals surface area contributed by atoms with Crippen LogP contribution >= 0.6 is 11.3 Å². The van der Waals surface area contributed by atoms with E-state index in [1.807, 2.05) is 6.92 Å². The van der Waals surface area contributed by atoms with E-state index in [9.17, 15) is 9.59 Å². The molecule has 1 atom stereocenters. The van der Waals surface area contributed by atoms with Gasteiger partial charge in [0.15, 0.2) is 0 Å². The molecule has 1 unspecified atom stereocenters. The third kappa shape index (κ3) is 3.47. The lowest BCUT2D eigenvalue weighted by atomic mass is 9.99. The predicted octanol–water partition coefficient (Wildman–Crippen LogP) is 2.01. The van der Waals surface area contributed by atoms with Gasteiger partial charge in [-0.3, -0.25) is 4.90 Å². The fourth-order valence-corrected chi connectivity index (χ4v) is 4.14. The van der Waals surface area contributed by atoms with Crippen LogP contribution in [-0.4, -0.2) is 42.6 Å². The minimum atomic E-state index is -0.347. The molecule has 0 radical (unpaired) electrons. The van der Waals surface area contributed by atoms with Gasteiger partial charge in [0.2, 0.25) is 0 Å². The highest BCUT2D eigenvalue weighted by Gasteiger charge is 2.32. The third-order valence-corrected chi connectivity index (χ3v) is 5.44. The number of hydrogen-bond donors (Lipinski definition) is 2. The molecule has 1 aromatic heterocycles. The van der Waals surface area contributed by atoms with Crippen molar-refractivity contribution >= 4 is 23.3 Å². The second kappa shape index (κ2) is 7.36. The van der Waals surface area contributed by atoms with E-state index >= 15 is 0 Å². The van der Waals surface area contributed by atoms with Crippen molar-refractivity contribution in [3.63, 3.8) is 0 Å². The average Bonchev–Trinajstić information content (AvgIpc) is 3.02. The number of esters is 1. The fourth-order valence-electron chi connectivity index (χ4n) is 3.25. The lowest BCUT2D eigenvalue weighted by molar-refractivity contribution is -0.139. The molecule has 3 heterocycles. The molecule has 3 rings (SSSR count). The van der Waals surface area contributed by atoms with Gasteiger partial charge in [-0.05, 0) is 36.8 Å². The zero-order chi connectivity index (χ0) is 17.1. The number of thiophene rings is 1. The molecule has 0 saturated heterocycles. The van der Waals surface area contributed by atoms with Crippen molar-refractivity contribution < 1.29 is 14.3 Å². The molecule has 130 valence electrons. The first kappa shape index (κ1) is 17.0. The SMILES string of the molecule is CCOC(=O)C1=C(CN2CCc3sccc3C2)NC(=O)NC1CC. The fraction of sp³-hybridized carbons (Fsp3) is 0.529. The number of carbonyl (C=O) groups excluding carboxylic acids is 2. The van der Waals surface area contributed by atoms with Crippen molar-refractivity contribution in [2.75, 3.05) is 19.7 Å². The molecule has 7 heteroatoms. The summed E-state index contributed by atoms with van der Waals surface area (Å²) in [4.78, 5) is 28.0. The summed E-state index contributed by atoms with van der Waals surface area (Å²) in [5, 5.41) is 7.76. The number of hydrogen-bond acceptors (Lipinski definition) is 5. The van der Waals surface area contributed by atoms with Crippen molar-refractivity contribution in [1.29, 1.82) is 0 Å². The summed E-state index contributed by atoms with van der Waals surface area (Å²) >= 11 is 1.80. The summed E-state index contributed by atoms with van der Waals surface area (Å²) in [6.07, 6.45) is 1.66. The Hall–Kier alpha value is -1.86. The maximum Gasteiger partial charge on any atom is 0.337 e. The van der Waals surface area contributed by atoms with E-state index in [0.717, 1.165) is 19.5 Å². The topological polar surface area (TPSA) is 70.7 Å². The normalized spacial score (nSPS) is 21.1. The first-order chi connectivity index (χ1) is 11.6. The van der Waals surface area contributed by atoms with Crippen molar-refractivity contribution in [3.8, 4) is 0 Å². The van der Waals surface area contributed by atoms with Crippen LogP contribution in [-0.2, 0) is 22.5 Å². The lowest BCUT2D eigenvalue weighted by Crippen LogP contribution is -2.52. The Kier molecular flexibility index (Phi) is 5.20. The van der Waals surface area contributed by atoms with Crippen LogP contribution in [0.2, 0.25) is 0 Å². The molecule has 0 fully saturated rings. The van der Waals surface area contributed by atoms with Crippen LogP contribution in [0.5, 0.6) is 0 Å². The number of amides is 2. The smallest absolute Gasteiger partial charge is 0.337 e. The Balaban J connectivity index is 1.83. The van der Waals surface area contributed by atoms with E-state index in [-0.39, 0.29) is 18.0 Å². The maximum atomic E-state index is 12.4. The van der Waals surface area contributed by atoms with Crippen LogP contribution in [0, 0.1) is 0 Å². The number of carbonyl (C=O) groups is 2. The minimum Gasteiger partial charge on any atom is -0.463 e. The molecular weight excluding hydrogens is 326 g/mol. The van der Waals surface area contributed by atoms with E-state index in [4.69, 9.17) is 4.74 Å². The van der Waals surface area contributed by atoms with E-state index < -0.39 is 0 Å². The standard InChI is InChI=1S/C17H23N3O3S/c1-3-12-15(16(21)23-4-2)13(19-17(22)18-12)10-20-7-5-14-11(9-20)6-8-24-14/h6,8,12H,3-5,7,9-10H2,1-2H3,(H2,18,19,22). The number of ether oxygens (including phenoxy) is 1. The Morgan fingerprint density at radius 2 is 2.29 bits per heavy atom. The number of rotatable bonds is 5. The third-order valence-electron chi connectivity index (χ3n) is 4.42. The van der Waals surface area contributed by atoms with Gasteiger partial charge in [0.05, 0.1) is 18.2 Å². The lowest BCUT2D eigenvalue weighted by Gasteiger charge is -2.33. The highest BCUT2D eigenvalue weighted by atomic mass is 32.1. The minimum absolute atomic E-state index is 0.252. The largest absolute Gasteiger partial charge is 0.463 e. The summed E-state index contributed by atoms with van der Waals surface area (Å²) in [7, 11) is 0. The van der Waals surface area contributed by atoms with Gasteiger partial charge in [0, 0.05) is 30.2 Å². The number of nitrogens with one attached hydrogen (secondary N) is 2. The monoisotopic (exact) mass is 349 g/mol. The number of fused-ring (bicyclic) bond motifs is 1. The second-order valence-corrected chi connectivity index (χ2v) is 7.00. The van der Waals surface area contributed by atoms with Gasteiger partial charge < -0.3 is 15.4 Å². The van der Waals surface area contributed by atoms with Crippen LogP contribution in [0.4, 0.5) is 4.79 Å². The van der Waals surface area contributed by atoms with E-state index in [1.54, 1.807) is 18.3 Å². The zero-order valence-electron chi connectivity index (χ0n) is 14.1. The Morgan fingerprint density at radius 3 is 3.04 bits per heavy atom. The summed E-state index contributed by atoms with van der Waals surface area (Å²) < 4.78 is 5.21. The molecule has 0 bridgehead atoms. The van der Waals surface area contributed by atoms with Crippen molar-refractivity contribution in [2.45, 2.75) is 39.3 Å². The second-order valence-electron chi connectivity index (χ2n) is 6.00. The number of nitrogens with zero attached hydrogens (tertiary/aromatic N) is 1. The van der Waals surface area contributed by atoms with Crippen LogP contribution < -0.4 is 10.6 Å². The van der Waals surface area contributed by atoms with Crippen LogP contribution in [0.25, 0.3) is 0 Å². The first-order valence-electron chi connectivity index (χ1n) is 8.37. The van der Waals surface area contributed by atoms with Crippen LogP contribution in [0.15, 0.2) is 22.7 Å². The van der Waals surface area contributed by atoms with Gasteiger partial charge >= 0.3 is 12.0 Å². The molecule has 0 saturated carbocycles. The zero-order valence-corrected chi connectivity index (χ0v) is 14.9. The predicted molar refractivity (Wildman–Crippen MR) is 92.7 cm³/mol. The van der Waals surface area contributed by atoms with E-state index in [1.165, 1.54) is 10.4 Å². The quantitative estimate of drug-likeness (QED) is 0.798. The van der Waals surface area contributed by atoms with E-state index in [2.05, 4.69) is 27.0 Å². The van der Waals surface area contributed by atoms with E-state index in [0.29, 0.717) is 30.8 Å². The summed E-state index contributed by atoms with van der Waals surface area (Å²) in [6, 6.07) is 1.61. The molecule has 1 aromatic rings. The molecule has 6 nitrogen and oxygen atoms in total. The number of urea groups is 1. The molecular formula is C17H23N3O3S. The summed E-state index contributed by atoms with van der Waals surface area (Å²) in [6.45, 7) is 6.38. The van der Waals surface area contributed by atoms with Gasteiger partial charge in [0.1, 0.15) is 0 Å². The highest BCUT2D eigenvalue weighted by Crippen LogP contribution is 2.25. The Morgan fingerprint density at radius 1 is 1.46 bits per heavy atom. The van der Waals surface area contributed by atoms with Crippen molar-refractivity contribution in [1.82, 2.24) is 15.5 Å². The van der Waals surface area contributed by atoms with Gasteiger partial charge in [0.25, 0.3) is 0 Å². The summed E-state index contributed by atoms with van der Waals surface area (Å²) in [5.41, 5.74) is 2.56. The molecule has 2 aliphatic rings. The molecule has 2 amide bonds. The van der Waals surface area contributed by atoms with Crippen molar-refractivity contribution in [3.05, 3.63) is 33.2 Å².